The highest BCUT2D eigenvalue weighted by Crippen LogP contribution is 2.19. The zero-order chi connectivity index (χ0) is 14.7. The average Bonchev–Trinajstić information content (AvgIpc) is 2.87. The van der Waals surface area contributed by atoms with Gasteiger partial charge in [0, 0.05) is 25.2 Å². The molecule has 2 heterocycles. The van der Waals surface area contributed by atoms with Crippen LogP contribution in [-0.4, -0.2) is 33.2 Å². The Hall–Kier alpha value is -2.44. The van der Waals surface area contributed by atoms with Crippen molar-refractivity contribution in [3.05, 3.63) is 35.6 Å². The highest BCUT2D eigenvalue weighted by atomic mass is 16.5. The SMILES string of the molecule is CC(C)c1cc(CN(C)c2ncncc2C(=O)O)no1. The van der Waals surface area contributed by atoms with Crippen LogP contribution in [0.3, 0.4) is 0 Å². The minimum Gasteiger partial charge on any atom is -0.477 e. The molecule has 2 aromatic rings. The fourth-order valence-corrected chi connectivity index (χ4v) is 1.77. The van der Waals surface area contributed by atoms with Gasteiger partial charge in [-0.3, -0.25) is 0 Å². The molecule has 0 atom stereocenters. The van der Waals surface area contributed by atoms with E-state index in [0.717, 1.165) is 11.5 Å². The Balaban J connectivity index is 2.19. The Bertz CT molecular complexity index is 609. The van der Waals surface area contributed by atoms with Crippen LogP contribution >= 0.6 is 0 Å². The van der Waals surface area contributed by atoms with Crippen molar-refractivity contribution in [2.75, 3.05) is 11.9 Å². The van der Waals surface area contributed by atoms with Gasteiger partial charge in [0.2, 0.25) is 0 Å². The molecule has 2 aromatic heterocycles. The lowest BCUT2D eigenvalue weighted by atomic mass is 10.1. The quantitative estimate of drug-likeness (QED) is 0.891. The van der Waals surface area contributed by atoms with E-state index in [2.05, 4.69) is 15.1 Å². The Morgan fingerprint density at radius 2 is 2.25 bits per heavy atom. The molecule has 0 saturated heterocycles. The first-order chi connectivity index (χ1) is 9.49. The van der Waals surface area contributed by atoms with Crippen molar-refractivity contribution in [3.63, 3.8) is 0 Å². The molecule has 0 aliphatic carbocycles. The maximum Gasteiger partial charge on any atom is 0.341 e. The van der Waals surface area contributed by atoms with Crippen LogP contribution in [0.5, 0.6) is 0 Å². The van der Waals surface area contributed by atoms with E-state index >= 15 is 0 Å². The van der Waals surface area contributed by atoms with Crippen LogP contribution in [0.1, 0.15) is 41.6 Å². The third-order valence-electron chi connectivity index (χ3n) is 2.83. The minimum absolute atomic E-state index is 0.0579. The summed E-state index contributed by atoms with van der Waals surface area (Å²) in [5, 5.41) is 13.1. The van der Waals surface area contributed by atoms with Gasteiger partial charge in [-0.15, -0.1) is 0 Å². The first kappa shape index (κ1) is 14.0. The highest BCUT2D eigenvalue weighted by molar-refractivity contribution is 5.92. The van der Waals surface area contributed by atoms with Gasteiger partial charge in [0.05, 0.1) is 6.54 Å². The van der Waals surface area contributed by atoms with Crippen LogP contribution in [0.2, 0.25) is 0 Å². The van der Waals surface area contributed by atoms with E-state index in [9.17, 15) is 4.79 Å². The zero-order valence-electron chi connectivity index (χ0n) is 11.6. The van der Waals surface area contributed by atoms with E-state index in [1.54, 1.807) is 11.9 Å². The van der Waals surface area contributed by atoms with Gasteiger partial charge in [-0.1, -0.05) is 19.0 Å². The monoisotopic (exact) mass is 276 g/mol. The van der Waals surface area contributed by atoms with E-state index in [4.69, 9.17) is 9.63 Å². The van der Waals surface area contributed by atoms with Crippen molar-refractivity contribution < 1.29 is 14.4 Å². The molecule has 1 N–H and O–H groups in total. The van der Waals surface area contributed by atoms with Gasteiger partial charge in [-0.25, -0.2) is 14.8 Å². The predicted octanol–water partition coefficient (Wildman–Crippen LogP) is 1.92. The lowest BCUT2D eigenvalue weighted by molar-refractivity contribution is 0.0696. The number of hydrogen-bond acceptors (Lipinski definition) is 6. The fourth-order valence-electron chi connectivity index (χ4n) is 1.77. The number of anilines is 1. The lowest BCUT2D eigenvalue weighted by Crippen LogP contribution is -2.21. The van der Waals surface area contributed by atoms with E-state index in [0.29, 0.717) is 12.4 Å². The van der Waals surface area contributed by atoms with Crippen LogP contribution < -0.4 is 4.90 Å². The van der Waals surface area contributed by atoms with Crippen LogP contribution in [0.25, 0.3) is 0 Å². The molecule has 0 saturated carbocycles. The molecule has 0 bridgehead atoms. The van der Waals surface area contributed by atoms with E-state index in [-0.39, 0.29) is 11.5 Å². The molecule has 0 aliphatic rings. The van der Waals surface area contributed by atoms with Crippen molar-refractivity contribution in [2.24, 2.45) is 0 Å². The maximum atomic E-state index is 11.1. The topological polar surface area (TPSA) is 92.4 Å². The summed E-state index contributed by atoms with van der Waals surface area (Å²) in [7, 11) is 1.75. The summed E-state index contributed by atoms with van der Waals surface area (Å²) in [6.07, 6.45) is 2.60. The minimum atomic E-state index is -1.06. The van der Waals surface area contributed by atoms with Gasteiger partial charge < -0.3 is 14.5 Å². The number of carbonyl (C=O) groups is 1. The summed E-state index contributed by atoms with van der Waals surface area (Å²) < 4.78 is 5.21. The van der Waals surface area contributed by atoms with Gasteiger partial charge in [0.25, 0.3) is 0 Å². The molecule has 0 unspecified atom stereocenters. The van der Waals surface area contributed by atoms with Crippen molar-refractivity contribution in [3.8, 4) is 0 Å². The number of hydrogen-bond donors (Lipinski definition) is 1. The first-order valence-corrected chi connectivity index (χ1v) is 6.19. The molecule has 7 nitrogen and oxygen atoms in total. The highest BCUT2D eigenvalue weighted by Gasteiger charge is 2.17. The normalized spacial score (nSPS) is 10.8. The Labute approximate surface area is 116 Å². The molecule has 0 fully saturated rings. The lowest BCUT2D eigenvalue weighted by Gasteiger charge is -2.17. The van der Waals surface area contributed by atoms with Gasteiger partial charge in [0.15, 0.2) is 0 Å². The molecular weight excluding hydrogens is 260 g/mol. The fraction of sp³-hybridized carbons (Fsp3) is 0.385. The van der Waals surface area contributed by atoms with E-state index in [1.807, 2.05) is 19.9 Å². The molecule has 0 aliphatic heterocycles. The zero-order valence-corrected chi connectivity index (χ0v) is 11.6. The molecule has 2 rings (SSSR count). The van der Waals surface area contributed by atoms with Crippen molar-refractivity contribution in [2.45, 2.75) is 26.3 Å². The van der Waals surface area contributed by atoms with Gasteiger partial charge >= 0.3 is 5.97 Å². The molecule has 7 heteroatoms. The van der Waals surface area contributed by atoms with E-state index < -0.39 is 5.97 Å². The molecule has 20 heavy (non-hydrogen) atoms. The summed E-state index contributed by atoms with van der Waals surface area (Å²) in [5.74, 6) is 0.349. The summed E-state index contributed by atoms with van der Waals surface area (Å²) in [5.41, 5.74) is 0.786. The standard InChI is InChI=1S/C13H16N4O3/c1-8(2)11-4-9(16-20-11)6-17(3)12-10(13(18)19)5-14-7-15-12/h4-5,7-8H,6H2,1-3H3,(H,18,19). The Kier molecular flexibility index (Phi) is 3.97. The predicted molar refractivity (Wildman–Crippen MR) is 71.7 cm³/mol. The number of nitrogens with zero attached hydrogens (tertiary/aromatic N) is 4. The number of aromatic carboxylic acids is 1. The maximum absolute atomic E-state index is 11.1. The Morgan fingerprint density at radius 3 is 2.85 bits per heavy atom. The largest absolute Gasteiger partial charge is 0.477 e. The second kappa shape index (κ2) is 5.68. The smallest absolute Gasteiger partial charge is 0.341 e. The molecular formula is C13H16N4O3. The Morgan fingerprint density at radius 1 is 1.50 bits per heavy atom. The number of carboxylic acids is 1. The summed E-state index contributed by atoms with van der Waals surface area (Å²) in [6.45, 7) is 4.44. The molecule has 0 amide bonds. The van der Waals surface area contributed by atoms with Crippen LogP contribution in [-0.2, 0) is 6.54 Å². The van der Waals surface area contributed by atoms with Crippen molar-refractivity contribution >= 4 is 11.8 Å². The third-order valence-corrected chi connectivity index (χ3v) is 2.83. The van der Waals surface area contributed by atoms with Crippen molar-refractivity contribution in [1.82, 2.24) is 15.1 Å². The second-order valence-electron chi connectivity index (χ2n) is 4.80. The molecule has 106 valence electrons. The van der Waals surface area contributed by atoms with Gasteiger partial charge in [0.1, 0.15) is 29.2 Å². The summed E-state index contributed by atoms with van der Waals surface area (Å²) in [4.78, 5) is 20.6. The summed E-state index contributed by atoms with van der Waals surface area (Å²) in [6, 6.07) is 1.86. The van der Waals surface area contributed by atoms with Crippen molar-refractivity contribution in [1.29, 1.82) is 0 Å². The van der Waals surface area contributed by atoms with Crippen LogP contribution in [0.15, 0.2) is 23.1 Å². The average molecular weight is 276 g/mol. The number of carboxylic acid groups (broad SMARTS) is 1. The molecule has 0 aromatic carbocycles. The molecule has 0 spiro atoms. The van der Waals surface area contributed by atoms with Crippen LogP contribution in [0, 0.1) is 0 Å². The van der Waals surface area contributed by atoms with Crippen LogP contribution in [0.4, 0.5) is 5.82 Å². The number of rotatable bonds is 5. The van der Waals surface area contributed by atoms with Gasteiger partial charge in [-0.05, 0) is 0 Å². The summed E-state index contributed by atoms with van der Waals surface area (Å²) >= 11 is 0. The third kappa shape index (κ3) is 2.93. The van der Waals surface area contributed by atoms with Gasteiger partial charge in [-0.2, -0.15) is 0 Å². The van der Waals surface area contributed by atoms with E-state index in [1.165, 1.54) is 12.5 Å². The first-order valence-electron chi connectivity index (χ1n) is 6.19. The number of aromatic nitrogens is 3. The second-order valence-corrected chi connectivity index (χ2v) is 4.80. The molecule has 0 radical (unpaired) electrons.